The maximum Gasteiger partial charge on any atom is 0.306 e. The predicted molar refractivity (Wildman–Crippen MR) is 62.6 cm³/mol. The number of carbonyl (C=O) groups excluding carboxylic acids is 1. The highest BCUT2D eigenvalue weighted by atomic mass is 32.2. The van der Waals surface area contributed by atoms with Gasteiger partial charge < -0.3 is 9.29 Å². The Morgan fingerprint density at radius 2 is 2.00 bits per heavy atom. The van der Waals surface area contributed by atoms with Gasteiger partial charge in [0.1, 0.15) is 6.10 Å². The van der Waals surface area contributed by atoms with Gasteiger partial charge in [-0.2, -0.15) is 0 Å². The molecule has 0 fully saturated rings. The molecule has 0 rings (SSSR count). The molecule has 96 valence electrons. The summed E-state index contributed by atoms with van der Waals surface area (Å²) >= 11 is -2.00. The third-order valence-electron chi connectivity index (χ3n) is 2.70. The van der Waals surface area contributed by atoms with Crippen molar-refractivity contribution in [1.29, 1.82) is 0 Å². The van der Waals surface area contributed by atoms with Gasteiger partial charge in [0.15, 0.2) is 0 Å². The number of unbranched alkanes of at least 4 members (excludes halogenated alkanes) is 1. The molecule has 3 atom stereocenters. The average Bonchev–Trinajstić information content (AvgIpc) is 2.22. The largest absolute Gasteiger partial charge is 0.772 e. The molecule has 0 heterocycles. The Bertz CT molecular complexity index is 230. The van der Waals surface area contributed by atoms with Gasteiger partial charge in [-0.1, -0.05) is 31.3 Å². The fourth-order valence-corrected chi connectivity index (χ4v) is 1.64. The van der Waals surface area contributed by atoms with Crippen LogP contribution in [0, 0.1) is 5.92 Å². The van der Waals surface area contributed by atoms with Crippen LogP contribution in [0.2, 0.25) is 0 Å². The van der Waals surface area contributed by atoms with Crippen molar-refractivity contribution in [1.82, 2.24) is 0 Å². The maximum absolute atomic E-state index is 11.3. The number of esters is 1. The molecule has 0 aromatic heterocycles. The number of carbonyl (C=O) groups is 1. The van der Waals surface area contributed by atoms with Gasteiger partial charge in [0.25, 0.3) is 0 Å². The molecule has 0 aliphatic carbocycles. The molecule has 0 saturated heterocycles. The van der Waals surface area contributed by atoms with Crippen molar-refractivity contribution < 1.29 is 18.3 Å². The van der Waals surface area contributed by atoms with Crippen molar-refractivity contribution in [3.05, 3.63) is 0 Å². The van der Waals surface area contributed by atoms with Gasteiger partial charge in [-0.25, -0.2) is 0 Å². The minimum atomic E-state index is -2.00. The van der Waals surface area contributed by atoms with Gasteiger partial charge in [-0.3, -0.25) is 9.00 Å². The smallest absolute Gasteiger partial charge is 0.306 e. The minimum Gasteiger partial charge on any atom is -0.772 e. The molecular weight excluding hydrogens is 228 g/mol. The highest BCUT2D eigenvalue weighted by molar-refractivity contribution is 7.79. The Kier molecular flexibility index (Phi) is 8.47. The second-order valence-corrected chi connectivity index (χ2v) is 5.06. The standard InChI is InChI=1S/C11H22O4S/c1-4-9(2)10(3)15-11(12)7-5-6-8-16(13)14/h9-10H,4-8H2,1-3H3,(H,13,14)/p-1. The molecule has 16 heavy (non-hydrogen) atoms. The minimum absolute atomic E-state index is 0.0638. The van der Waals surface area contributed by atoms with Crippen LogP contribution in [0.1, 0.15) is 46.5 Å². The van der Waals surface area contributed by atoms with Crippen LogP contribution in [0.3, 0.4) is 0 Å². The highest BCUT2D eigenvalue weighted by Crippen LogP contribution is 2.12. The van der Waals surface area contributed by atoms with E-state index in [9.17, 15) is 13.6 Å². The summed E-state index contributed by atoms with van der Waals surface area (Å²) < 4.78 is 25.7. The monoisotopic (exact) mass is 249 g/mol. The Morgan fingerprint density at radius 3 is 2.50 bits per heavy atom. The van der Waals surface area contributed by atoms with Crippen LogP contribution < -0.4 is 0 Å². The Hall–Kier alpha value is -0.420. The quantitative estimate of drug-likeness (QED) is 0.375. The molecule has 0 bridgehead atoms. The molecule has 0 saturated carbocycles. The summed E-state index contributed by atoms with van der Waals surface area (Å²) in [5.74, 6) is 0.247. The lowest BCUT2D eigenvalue weighted by atomic mass is 10.0. The first kappa shape index (κ1) is 15.6. The van der Waals surface area contributed by atoms with Crippen LogP contribution in [0.5, 0.6) is 0 Å². The lowest BCUT2D eigenvalue weighted by molar-refractivity contribution is -0.150. The van der Waals surface area contributed by atoms with Crippen molar-refractivity contribution in [2.24, 2.45) is 5.92 Å². The van der Waals surface area contributed by atoms with Gasteiger partial charge in [0.05, 0.1) is 0 Å². The Labute approximate surface area is 100 Å². The van der Waals surface area contributed by atoms with Gasteiger partial charge in [0, 0.05) is 12.2 Å². The molecule has 0 aromatic rings. The van der Waals surface area contributed by atoms with E-state index in [-0.39, 0.29) is 17.8 Å². The van der Waals surface area contributed by atoms with E-state index in [1.807, 2.05) is 13.8 Å². The van der Waals surface area contributed by atoms with Crippen LogP contribution >= 0.6 is 0 Å². The van der Waals surface area contributed by atoms with Crippen LogP contribution in [0.4, 0.5) is 0 Å². The lowest BCUT2D eigenvalue weighted by Crippen LogP contribution is -2.21. The molecule has 0 spiro atoms. The molecular formula is C11H21O4S-. The molecule has 0 radical (unpaired) electrons. The molecule has 0 aliphatic heterocycles. The van der Waals surface area contributed by atoms with E-state index in [4.69, 9.17) is 4.74 Å². The van der Waals surface area contributed by atoms with E-state index in [1.165, 1.54) is 0 Å². The zero-order valence-electron chi connectivity index (χ0n) is 10.2. The van der Waals surface area contributed by atoms with E-state index < -0.39 is 11.1 Å². The predicted octanol–water partition coefficient (Wildman–Crippen LogP) is 2.01. The van der Waals surface area contributed by atoms with Crippen molar-refractivity contribution >= 4 is 17.0 Å². The maximum atomic E-state index is 11.3. The average molecular weight is 249 g/mol. The summed E-state index contributed by atoms with van der Waals surface area (Å²) in [5, 5.41) is 0. The molecule has 0 aromatic carbocycles. The highest BCUT2D eigenvalue weighted by Gasteiger charge is 2.14. The third-order valence-corrected chi connectivity index (χ3v) is 3.33. The Morgan fingerprint density at radius 1 is 1.38 bits per heavy atom. The van der Waals surface area contributed by atoms with E-state index in [1.54, 1.807) is 0 Å². The molecule has 0 N–H and O–H groups in total. The van der Waals surface area contributed by atoms with Crippen LogP contribution in [0.15, 0.2) is 0 Å². The van der Waals surface area contributed by atoms with Crippen LogP contribution in [0.25, 0.3) is 0 Å². The van der Waals surface area contributed by atoms with Crippen molar-refractivity contribution in [2.45, 2.75) is 52.6 Å². The van der Waals surface area contributed by atoms with Crippen molar-refractivity contribution in [3.63, 3.8) is 0 Å². The van der Waals surface area contributed by atoms with E-state index in [2.05, 4.69) is 6.92 Å². The number of ether oxygens (including phenoxy) is 1. The van der Waals surface area contributed by atoms with E-state index >= 15 is 0 Å². The Balaban J connectivity index is 3.62. The fourth-order valence-electron chi connectivity index (χ4n) is 1.20. The first-order valence-electron chi connectivity index (χ1n) is 5.72. The topological polar surface area (TPSA) is 66.4 Å². The van der Waals surface area contributed by atoms with Crippen molar-refractivity contribution in [3.8, 4) is 0 Å². The van der Waals surface area contributed by atoms with Gasteiger partial charge in [-0.05, 0) is 25.7 Å². The van der Waals surface area contributed by atoms with Gasteiger partial charge >= 0.3 is 5.97 Å². The number of hydrogen-bond acceptors (Lipinski definition) is 4. The second-order valence-electron chi connectivity index (χ2n) is 4.05. The second kappa shape index (κ2) is 8.70. The summed E-state index contributed by atoms with van der Waals surface area (Å²) in [6.07, 6.45) is 2.30. The third kappa shape index (κ3) is 7.82. The normalized spacial score (nSPS) is 16.5. The summed E-state index contributed by atoms with van der Waals surface area (Å²) in [6, 6.07) is 0. The fraction of sp³-hybridized carbons (Fsp3) is 0.909. The number of rotatable bonds is 8. The molecule has 4 nitrogen and oxygen atoms in total. The summed E-state index contributed by atoms with van der Waals surface area (Å²) in [4.78, 5) is 11.3. The molecule has 0 aliphatic rings. The SMILES string of the molecule is CCC(C)C(C)OC(=O)CCCCS(=O)[O-]. The number of hydrogen-bond donors (Lipinski definition) is 0. The summed E-state index contributed by atoms with van der Waals surface area (Å²) in [6.45, 7) is 5.98. The van der Waals surface area contributed by atoms with Gasteiger partial charge in [0.2, 0.25) is 0 Å². The molecule has 0 amide bonds. The van der Waals surface area contributed by atoms with E-state index in [0.717, 1.165) is 6.42 Å². The van der Waals surface area contributed by atoms with Crippen molar-refractivity contribution in [2.75, 3.05) is 5.75 Å². The van der Waals surface area contributed by atoms with Crippen LogP contribution in [-0.2, 0) is 20.6 Å². The van der Waals surface area contributed by atoms with Crippen LogP contribution in [-0.4, -0.2) is 26.6 Å². The summed E-state index contributed by atoms with van der Waals surface area (Å²) in [5.41, 5.74) is 0. The summed E-state index contributed by atoms with van der Waals surface area (Å²) in [7, 11) is 0. The molecule has 3 unspecified atom stereocenters. The lowest BCUT2D eigenvalue weighted by Gasteiger charge is -2.18. The zero-order valence-corrected chi connectivity index (χ0v) is 11.0. The van der Waals surface area contributed by atoms with E-state index in [0.29, 0.717) is 25.2 Å². The first-order valence-corrected chi connectivity index (χ1v) is 6.97. The zero-order chi connectivity index (χ0) is 12.6. The van der Waals surface area contributed by atoms with Gasteiger partial charge in [-0.15, -0.1) is 0 Å². The first-order chi connectivity index (χ1) is 7.47. The molecule has 5 heteroatoms.